The molecule has 90 valence electrons. The lowest BCUT2D eigenvalue weighted by atomic mass is 9.80. The SMILES string of the molecule is CCNCC(C)(C)c1ccc(C)c(C)c1C. The first kappa shape index (κ1) is 13.2. The molecule has 0 fully saturated rings. The van der Waals surface area contributed by atoms with E-state index >= 15 is 0 Å². The fourth-order valence-electron chi connectivity index (χ4n) is 2.22. The van der Waals surface area contributed by atoms with Gasteiger partial charge in [-0.05, 0) is 49.6 Å². The predicted molar refractivity (Wildman–Crippen MR) is 72.2 cm³/mol. The van der Waals surface area contributed by atoms with Gasteiger partial charge in [0.2, 0.25) is 0 Å². The van der Waals surface area contributed by atoms with Crippen LogP contribution in [0.25, 0.3) is 0 Å². The number of hydrogen-bond acceptors (Lipinski definition) is 1. The van der Waals surface area contributed by atoms with Crippen LogP contribution in [0.4, 0.5) is 0 Å². The minimum Gasteiger partial charge on any atom is -0.316 e. The highest BCUT2D eigenvalue weighted by atomic mass is 14.9. The standard InChI is InChI=1S/C15H25N/c1-7-16-10-15(5,6)14-9-8-11(2)12(3)13(14)4/h8-9,16H,7,10H2,1-6H3. The Morgan fingerprint density at radius 3 is 2.25 bits per heavy atom. The minimum atomic E-state index is 0.207. The normalized spacial score (nSPS) is 11.9. The fourth-order valence-corrected chi connectivity index (χ4v) is 2.22. The van der Waals surface area contributed by atoms with E-state index < -0.39 is 0 Å². The average Bonchev–Trinajstić information content (AvgIpc) is 2.23. The van der Waals surface area contributed by atoms with Crippen molar-refractivity contribution in [2.24, 2.45) is 0 Å². The highest BCUT2D eigenvalue weighted by molar-refractivity contribution is 5.42. The monoisotopic (exact) mass is 219 g/mol. The largest absolute Gasteiger partial charge is 0.316 e. The van der Waals surface area contributed by atoms with E-state index in [9.17, 15) is 0 Å². The molecule has 1 N–H and O–H groups in total. The summed E-state index contributed by atoms with van der Waals surface area (Å²) in [5, 5.41) is 3.45. The quantitative estimate of drug-likeness (QED) is 0.817. The van der Waals surface area contributed by atoms with Gasteiger partial charge in [-0.25, -0.2) is 0 Å². The van der Waals surface area contributed by atoms with Crippen LogP contribution in [0.15, 0.2) is 12.1 Å². The first-order chi connectivity index (χ1) is 7.40. The van der Waals surface area contributed by atoms with Crippen LogP contribution in [0, 0.1) is 20.8 Å². The fraction of sp³-hybridized carbons (Fsp3) is 0.600. The van der Waals surface area contributed by atoms with E-state index in [1.165, 1.54) is 22.3 Å². The van der Waals surface area contributed by atoms with Crippen molar-refractivity contribution in [1.29, 1.82) is 0 Å². The van der Waals surface area contributed by atoms with E-state index in [1.807, 2.05) is 0 Å². The maximum atomic E-state index is 3.45. The first-order valence-electron chi connectivity index (χ1n) is 6.18. The molecule has 0 spiro atoms. The average molecular weight is 219 g/mol. The summed E-state index contributed by atoms with van der Waals surface area (Å²) in [6, 6.07) is 4.53. The summed E-state index contributed by atoms with van der Waals surface area (Å²) in [6.07, 6.45) is 0. The number of nitrogens with one attached hydrogen (secondary N) is 1. The lowest BCUT2D eigenvalue weighted by Gasteiger charge is -2.28. The van der Waals surface area contributed by atoms with Gasteiger partial charge in [0.25, 0.3) is 0 Å². The van der Waals surface area contributed by atoms with Crippen molar-refractivity contribution in [2.75, 3.05) is 13.1 Å². The van der Waals surface area contributed by atoms with Crippen LogP contribution >= 0.6 is 0 Å². The molecule has 0 aliphatic carbocycles. The minimum absolute atomic E-state index is 0.207. The van der Waals surface area contributed by atoms with Gasteiger partial charge in [0, 0.05) is 12.0 Å². The molecule has 1 nitrogen and oxygen atoms in total. The lowest BCUT2D eigenvalue weighted by Crippen LogP contribution is -2.33. The first-order valence-corrected chi connectivity index (χ1v) is 6.18. The molecule has 0 aliphatic rings. The molecule has 0 aromatic heterocycles. The van der Waals surface area contributed by atoms with Gasteiger partial charge < -0.3 is 5.32 Å². The predicted octanol–water partition coefficient (Wildman–Crippen LogP) is 3.50. The molecule has 0 atom stereocenters. The van der Waals surface area contributed by atoms with Crippen LogP contribution < -0.4 is 5.32 Å². The van der Waals surface area contributed by atoms with Crippen LogP contribution in [0.5, 0.6) is 0 Å². The summed E-state index contributed by atoms with van der Waals surface area (Å²) in [6.45, 7) is 15.5. The number of aryl methyl sites for hydroxylation is 1. The second-order valence-corrected chi connectivity index (χ2v) is 5.34. The van der Waals surface area contributed by atoms with Crippen molar-refractivity contribution in [3.8, 4) is 0 Å². The molecule has 0 saturated heterocycles. The lowest BCUT2D eigenvalue weighted by molar-refractivity contribution is 0.475. The molecular formula is C15H25N. The van der Waals surface area contributed by atoms with Gasteiger partial charge in [0.05, 0.1) is 0 Å². The van der Waals surface area contributed by atoms with Crippen LogP contribution in [0.1, 0.15) is 43.0 Å². The maximum absolute atomic E-state index is 3.45. The van der Waals surface area contributed by atoms with E-state index in [0.717, 1.165) is 13.1 Å². The van der Waals surface area contributed by atoms with Gasteiger partial charge in [-0.2, -0.15) is 0 Å². The Bertz CT molecular complexity index is 364. The smallest absolute Gasteiger partial charge is 0.00431 e. The van der Waals surface area contributed by atoms with E-state index in [0.29, 0.717) is 0 Å². The third-order valence-electron chi connectivity index (χ3n) is 3.60. The van der Waals surface area contributed by atoms with Gasteiger partial charge in [-0.3, -0.25) is 0 Å². The van der Waals surface area contributed by atoms with Gasteiger partial charge in [-0.1, -0.05) is 32.9 Å². The van der Waals surface area contributed by atoms with Gasteiger partial charge >= 0.3 is 0 Å². The summed E-state index contributed by atoms with van der Waals surface area (Å²) >= 11 is 0. The highest BCUT2D eigenvalue weighted by Gasteiger charge is 2.22. The molecular weight excluding hydrogens is 194 g/mol. The van der Waals surface area contributed by atoms with Crippen molar-refractivity contribution in [3.05, 3.63) is 34.4 Å². The van der Waals surface area contributed by atoms with Crippen LogP contribution in [-0.2, 0) is 5.41 Å². The molecule has 0 unspecified atom stereocenters. The molecule has 0 amide bonds. The summed E-state index contributed by atoms with van der Waals surface area (Å²) in [5.74, 6) is 0. The summed E-state index contributed by atoms with van der Waals surface area (Å²) in [4.78, 5) is 0. The Morgan fingerprint density at radius 1 is 1.06 bits per heavy atom. The molecule has 0 aliphatic heterocycles. The Morgan fingerprint density at radius 2 is 1.69 bits per heavy atom. The highest BCUT2D eigenvalue weighted by Crippen LogP contribution is 2.28. The Balaban J connectivity index is 3.08. The van der Waals surface area contributed by atoms with E-state index in [4.69, 9.17) is 0 Å². The van der Waals surface area contributed by atoms with Crippen LogP contribution in [0.3, 0.4) is 0 Å². The van der Waals surface area contributed by atoms with Gasteiger partial charge in [0.1, 0.15) is 0 Å². The zero-order chi connectivity index (χ0) is 12.3. The Labute approximate surface area is 100 Å². The summed E-state index contributed by atoms with van der Waals surface area (Å²) < 4.78 is 0. The molecule has 1 aromatic carbocycles. The van der Waals surface area contributed by atoms with Crippen molar-refractivity contribution < 1.29 is 0 Å². The van der Waals surface area contributed by atoms with Gasteiger partial charge in [-0.15, -0.1) is 0 Å². The Kier molecular flexibility index (Phi) is 4.15. The molecule has 0 radical (unpaired) electrons. The molecule has 0 heterocycles. The van der Waals surface area contributed by atoms with E-state index in [2.05, 4.69) is 59.0 Å². The van der Waals surface area contributed by atoms with E-state index in [-0.39, 0.29) is 5.41 Å². The molecule has 1 aromatic rings. The van der Waals surface area contributed by atoms with Crippen LogP contribution in [-0.4, -0.2) is 13.1 Å². The number of likely N-dealkylation sites (N-methyl/N-ethyl adjacent to an activating group) is 1. The van der Waals surface area contributed by atoms with Crippen molar-refractivity contribution in [3.63, 3.8) is 0 Å². The number of rotatable bonds is 4. The number of benzene rings is 1. The van der Waals surface area contributed by atoms with Crippen molar-refractivity contribution in [1.82, 2.24) is 5.32 Å². The van der Waals surface area contributed by atoms with Crippen molar-refractivity contribution >= 4 is 0 Å². The molecule has 0 saturated carbocycles. The third kappa shape index (κ3) is 2.65. The maximum Gasteiger partial charge on any atom is 0.00431 e. The zero-order valence-electron chi connectivity index (χ0n) is 11.6. The van der Waals surface area contributed by atoms with Crippen LogP contribution in [0.2, 0.25) is 0 Å². The molecule has 1 rings (SSSR count). The van der Waals surface area contributed by atoms with Gasteiger partial charge in [0.15, 0.2) is 0 Å². The molecule has 16 heavy (non-hydrogen) atoms. The topological polar surface area (TPSA) is 12.0 Å². The number of hydrogen-bond donors (Lipinski definition) is 1. The van der Waals surface area contributed by atoms with Crippen molar-refractivity contribution in [2.45, 2.75) is 47.0 Å². The molecule has 0 bridgehead atoms. The second kappa shape index (κ2) is 5.01. The molecule has 1 heteroatoms. The van der Waals surface area contributed by atoms with E-state index in [1.54, 1.807) is 0 Å². The summed E-state index contributed by atoms with van der Waals surface area (Å²) in [5.41, 5.74) is 5.94. The third-order valence-corrected chi connectivity index (χ3v) is 3.60. The zero-order valence-corrected chi connectivity index (χ0v) is 11.6. The second-order valence-electron chi connectivity index (χ2n) is 5.34. The summed E-state index contributed by atoms with van der Waals surface area (Å²) in [7, 11) is 0. The Hall–Kier alpha value is -0.820.